The maximum atomic E-state index is 14.2. The van der Waals surface area contributed by atoms with E-state index in [0.29, 0.717) is 17.2 Å². The van der Waals surface area contributed by atoms with Crippen LogP contribution in [0.15, 0.2) is 29.0 Å². The van der Waals surface area contributed by atoms with Crippen molar-refractivity contribution < 1.29 is 13.5 Å². The molecule has 0 unspecified atom stereocenters. The SMILES string of the molecule is COc1cccc(-c2ocnc2CC2CC2)c1F. The maximum Gasteiger partial charge on any atom is 0.181 e. The maximum absolute atomic E-state index is 14.2. The van der Waals surface area contributed by atoms with Gasteiger partial charge in [-0.05, 0) is 37.3 Å². The summed E-state index contributed by atoms with van der Waals surface area (Å²) in [5, 5.41) is 0. The predicted octanol–water partition coefficient (Wildman–Crippen LogP) is 3.44. The minimum Gasteiger partial charge on any atom is -0.494 e. The van der Waals surface area contributed by atoms with Gasteiger partial charge in [0.05, 0.1) is 18.4 Å². The van der Waals surface area contributed by atoms with Crippen molar-refractivity contribution in [2.24, 2.45) is 5.92 Å². The highest BCUT2D eigenvalue weighted by atomic mass is 19.1. The van der Waals surface area contributed by atoms with Gasteiger partial charge in [0.1, 0.15) is 0 Å². The Morgan fingerprint density at radius 1 is 1.44 bits per heavy atom. The number of hydrogen-bond donors (Lipinski definition) is 0. The Kier molecular flexibility index (Phi) is 2.78. The van der Waals surface area contributed by atoms with Gasteiger partial charge in [-0.15, -0.1) is 0 Å². The standard InChI is InChI=1S/C14H14FNO2/c1-17-12-4-2-3-10(13(12)15)14-11(16-8-18-14)7-9-5-6-9/h2-4,8-9H,5-7H2,1H3. The van der Waals surface area contributed by atoms with E-state index in [9.17, 15) is 4.39 Å². The van der Waals surface area contributed by atoms with Gasteiger partial charge < -0.3 is 9.15 Å². The summed E-state index contributed by atoms with van der Waals surface area (Å²) in [4.78, 5) is 4.20. The summed E-state index contributed by atoms with van der Waals surface area (Å²) in [7, 11) is 1.45. The van der Waals surface area contributed by atoms with Crippen molar-refractivity contribution in [3.63, 3.8) is 0 Å². The number of aromatic nitrogens is 1. The topological polar surface area (TPSA) is 35.3 Å². The summed E-state index contributed by atoms with van der Waals surface area (Å²) < 4.78 is 24.5. The van der Waals surface area contributed by atoms with Crippen LogP contribution in [-0.2, 0) is 6.42 Å². The van der Waals surface area contributed by atoms with E-state index in [0.717, 1.165) is 12.1 Å². The molecule has 1 saturated carbocycles. The molecule has 1 heterocycles. The molecule has 2 aromatic rings. The minimum absolute atomic E-state index is 0.223. The molecule has 0 bridgehead atoms. The van der Waals surface area contributed by atoms with Crippen molar-refractivity contribution in [2.45, 2.75) is 19.3 Å². The van der Waals surface area contributed by atoms with Gasteiger partial charge in [0, 0.05) is 0 Å². The average Bonchev–Trinajstić information content (AvgIpc) is 3.07. The van der Waals surface area contributed by atoms with Crippen LogP contribution in [0.25, 0.3) is 11.3 Å². The molecule has 0 spiro atoms. The summed E-state index contributed by atoms with van der Waals surface area (Å²) in [5.41, 5.74) is 1.26. The molecule has 18 heavy (non-hydrogen) atoms. The summed E-state index contributed by atoms with van der Waals surface area (Å²) in [5.74, 6) is 1.04. The second-order valence-electron chi connectivity index (χ2n) is 4.60. The number of hydrogen-bond acceptors (Lipinski definition) is 3. The number of ether oxygens (including phenoxy) is 1. The third-order valence-corrected chi connectivity index (χ3v) is 3.25. The number of oxazole rings is 1. The first-order valence-corrected chi connectivity index (χ1v) is 6.05. The molecule has 3 nitrogen and oxygen atoms in total. The van der Waals surface area contributed by atoms with Crippen LogP contribution in [0.1, 0.15) is 18.5 Å². The number of rotatable bonds is 4. The van der Waals surface area contributed by atoms with E-state index in [1.807, 2.05) is 0 Å². The third-order valence-electron chi connectivity index (χ3n) is 3.25. The van der Waals surface area contributed by atoms with Crippen molar-refractivity contribution >= 4 is 0 Å². The van der Waals surface area contributed by atoms with Crippen LogP contribution in [-0.4, -0.2) is 12.1 Å². The first-order valence-electron chi connectivity index (χ1n) is 6.05. The van der Waals surface area contributed by atoms with Gasteiger partial charge in [-0.1, -0.05) is 6.07 Å². The van der Waals surface area contributed by atoms with Crippen molar-refractivity contribution in [2.75, 3.05) is 7.11 Å². The molecule has 0 atom stereocenters. The molecule has 1 aromatic heterocycles. The lowest BCUT2D eigenvalue weighted by molar-refractivity contribution is 0.386. The van der Waals surface area contributed by atoms with Gasteiger partial charge in [-0.25, -0.2) is 9.37 Å². The van der Waals surface area contributed by atoms with E-state index >= 15 is 0 Å². The molecule has 0 aliphatic heterocycles. The van der Waals surface area contributed by atoms with Gasteiger partial charge in [0.2, 0.25) is 0 Å². The summed E-state index contributed by atoms with van der Waals surface area (Å²) in [6.07, 6.45) is 4.70. The number of methoxy groups -OCH3 is 1. The molecule has 0 saturated heterocycles. The minimum atomic E-state index is -0.395. The summed E-state index contributed by atoms with van der Waals surface area (Å²) in [6.45, 7) is 0. The van der Waals surface area contributed by atoms with E-state index in [2.05, 4.69) is 4.98 Å². The smallest absolute Gasteiger partial charge is 0.181 e. The second kappa shape index (κ2) is 4.44. The molecular weight excluding hydrogens is 233 g/mol. The van der Waals surface area contributed by atoms with Gasteiger partial charge in [-0.3, -0.25) is 0 Å². The quantitative estimate of drug-likeness (QED) is 0.830. The fourth-order valence-electron chi connectivity index (χ4n) is 2.07. The molecule has 0 radical (unpaired) electrons. The Labute approximate surface area is 105 Å². The lowest BCUT2D eigenvalue weighted by Crippen LogP contribution is -1.94. The van der Waals surface area contributed by atoms with Crippen LogP contribution < -0.4 is 4.74 Å². The van der Waals surface area contributed by atoms with Crippen molar-refractivity contribution in [1.29, 1.82) is 0 Å². The molecule has 1 aromatic carbocycles. The molecule has 4 heteroatoms. The predicted molar refractivity (Wildman–Crippen MR) is 64.9 cm³/mol. The Hall–Kier alpha value is -1.84. The van der Waals surface area contributed by atoms with E-state index in [-0.39, 0.29) is 5.75 Å². The van der Waals surface area contributed by atoms with Crippen LogP contribution in [0.3, 0.4) is 0 Å². The number of benzene rings is 1. The van der Waals surface area contributed by atoms with Crippen LogP contribution in [0.4, 0.5) is 4.39 Å². The second-order valence-corrected chi connectivity index (χ2v) is 4.60. The van der Waals surface area contributed by atoms with Crippen molar-refractivity contribution in [3.8, 4) is 17.1 Å². The highest BCUT2D eigenvalue weighted by molar-refractivity contribution is 5.63. The van der Waals surface area contributed by atoms with Crippen LogP contribution in [0.5, 0.6) is 5.75 Å². The molecule has 0 N–H and O–H groups in total. The Balaban J connectivity index is 2.00. The Morgan fingerprint density at radius 3 is 3.00 bits per heavy atom. The Morgan fingerprint density at radius 2 is 2.28 bits per heavy atom. The van der Waals surface area contributed by atoms with Crippen LogP contribution >= 0.6 is 0 Å². The lowest BCUT2D eigenvalue weighted by Gasteiger charge is -2.06. The normalized spacial score (nSPS) is 14.8. The molecule has 1 aliphatic rings. The van der Waals surface area contributed by atoms with Gasteiger partial charge in [-0.2, -0.15) is 0 Å². The zero-order valence-corrected chi connectivity index (χ0v) is 10.1. The van der Waals surface area contributed by atoms with Crippen LogP contribution in [0, 0.1) is 11.7 Å². The van der Waals surface area contributed by atoms with Gasteiger partial charge in [0.25, 0.3) is 0 Å². The summed E-state index contributed by atoms with van der Waals surface area (Å²) in [6, 6.07) is 5.03. The first kappa shape index (κ1) is 11.3. The van der Waals surface area contributed by atoms with Crippen LogP contribution in [0.2, 0.25) is 0 Å². The van der Waals surface area contributed by atoms with Gasteiger partial charge in [0.15, 0.2) is 23.7 Å². The lowest BCUT2D eigenvalue weighted by atomic mass is 10.1. The largest absolute Gasteiger partial charge is 0.494 e. The van der Waals surface area contributed by atoms with Crippen molar-refractivity contribution in [1.82, 2.24) is 4.98 Å². The third kappa shape index (κ3) is 1.98. The van der Waals surface area contributed by atoms with Crippen molar-refractivity contribution in [3.05, 3.63) is 36.1 Å². The fraction of sp³-hybridized carbons (Fsp3) is 0.357. The highest BCUT2D eigenvalue weighted by Crippen LogP contribution is 2.37. The average molecular weight is 247 g/mol. The molecule has 1 fully saturated rings. The van der Waals surface area contributed by atoms with Gasteiger partial charge >= 0.3 is 0 Å². The monoisotopic (exact) mass is 247 g/mol. The zero-order chi connectivity index (χ0) is 12.5. The van der Waals surface area contributed by atoms with E-state index in [1.54, 1.807) is 18.2 Å². The Bertz CT molecular complexity index is 561. The first-order chi connectivity index (χ1) is 8.79. The van der Waals surface area contributed by atoms with E-state index < -0.39 is 5.82 Å². The molecule has 94 valence electrons. The van der Waals surface area contributed by atoms with E-state index in [1.165, 1.54) is 26.3 Å². The number of nitrogens with zero attached hydrogens (tertiary/aromatic N) is 1. The molecular formula is C14H14FNO2. The zero-order valence-electron chi connectivity index (χ0n) is 10.1. The number of halogens is 1. The fourth-order valence-corrected chi connectivity index (χ4v) is 2.07. The molecule has 1 aliphatic carbocycles. The molecule has 3 rings (SSSR count). The highest BCUT2D eigenvalue weighted by Gasteiger charge is 2.26. The molecule has 0 amide bonds. The van der Waals surface area contributed by atoms with E-state index in [4.69, 9.17) is 9.15 Å². The summed E-state index contributed by atoms with van der Waals surface area (Å²) >= 11 is 0.